The molecule has 0 aromatic heterocycles. The summed E-state index contributed by atoms with van der Waals surface area (Å²) in [5.74, 6) is -0.0935. The lowest BCUT2D eigenvalue weighted by Crippen LogP contribution is -2.56. The highest BCUT2D eigenvalue weighted by molar-refractivity contribution is 5.89. The van der Waals surface area contributed by atoms with E-state index in [0.29, 0.717) is 32.7 Å². The van der Waals surface area contributed by atoms with Crippen LogP contribution in [-0.4, -0.2) is 72.1 Å². The van der Waals surface area contributed by atoms with Gasteiger partial charge in [-0.2, -0.15) is 0 Å². The molecule has 1 saturated heterocycles. The van der Waals surface area contributed by atoms with Gasteiger partial charge in [-0.05, 0) is 19.8 Å². The average Bonchev–Trinajstić information content (AvgIpc) is 2.48. The number of aliphatic hydroxyl groups is 1. The van der Waals surface area contributed by atoms with Gasteiger partial charge in [-0.1, -0.05) is 6.08 Å². The fourth-order valence-electron chi connectivity index (χ4n) is 2.48. The minimum absolute atomic E-state index is 0. The van der Waals surface area contributed by atoms with Gasteiger partial charge in [-0.15, -0.1) is 19.0 Å². The van der Waals surface area contributed by atoms with Crippen LogP contribution in [0.15, 0.2) is 12.7 Å². The molecule has 6 nitrogen and oxygen atoms in total. The van der Waals surface area contributed by atoms with Gasteiger partial charge in [0.15, 0.2) is 0 Å². The molecule has 2 amide bonds. The van der Waals surface area contributed by atoms with Gasteiger partial charge in [0, 0.05) is 32.7 Å². The molecule has 22 heavy (non-hydrogen) atoms. The zero-order chi connectivity index (χ0) is 15.7. The van der Waals surface area contributed by atoms with Crippen molar-refractivity contribution in [2.45, 2.75) is 32.2 Å². The predicted octanol–water partition coefficient (Wildman–Crippen LogP) is 0.406. The average molecular weight is 334 g/mol. The Morgan fingerprint density at radius 1 is 1.59 bits per heavy atom. The number of aliphatic hydroxyl groups excluding tert-OH is 1. The normalized spacial score (nSPS) is 17.8. The number of unbranched alkanes of at least 4 members (excludes halogenated alkanes) is 1. The van der Waals surface area contributed by atoms with Crippen molar-refractivity contribution in [1.82, 2.24) is 15.1 Å². The van der Waals surface area contributed by atoms with E-state index in [1.54, 1.807) is 4.90 Å². The number of nitrogens with one attached hydrogen (secondary N) is 1. The summed E-state index contributed by atoms with van der Waals surface area (Å²) in [4.78, 5) is 27.9. The number of likely N-dealkylation sites (N-methyl/N-ethyl adjacent to an activating group) is 1. The lowest BCUT2D eigenvalue weighted by molar-refractivity contribution is -0.141. The summed E-state index contributed by atoms with van der Waals surface area (Å²) < 4.78 is 0. The van der Waals surface area contributed by atoms with Gasteiger partial charge in [0.2, 0.25) is 11.8 Å². The summed E-state index contributed by atoms with van der Waals surface area (Å²) in [6.07, 6.45) is 3.80. The van der Waals surface area contributed by atoms with Crippen LogP contribution in [0.3, 0.4) is 0 Å². The van der Waals surface area contributed by atoms with Crippen molar-refractivity contribution in [3.63, 3.8) is 0 Å². The van der Waals surface area contributed by atoms with Gasteiger partial charge in [0.1, 0.15) is 0 Å². The van der Waals surface area contributed by atoms with E-state index in [4.69, 9.17) is 5.11 Å². The molecule has 0 spiro atoms. The van der Waals surface area contributed by atoms with Crippen LogP contribution in [-0.2, 0) is 9.59 Å². The third-order valence-corrected chi connectivity index (χ3v) is 3.70. The number of allylic oxidation sites excluding steroid dienone is 1. The maximum absolute atomic E-state index is 12.3. The molecule has 0 radical (unpaired) electrons. The Hall–Kier alpha value is -1.11. The number of hydrogen-bond donors (Lipinski definition) is 2. The predicted molar refractivity (Wildman–Crippen MR) is 89.0 cm³/mol. The van der Waals surface area contributed by atoms with Crippen LogP contribution in [0.5, 0.6) is 0 Å². The summed E-state index contributed by atoms with van der Waals surface area (Å²) in [6.45, 7) is 8.47. The number of halogens is 1. The second kappa shape index (κ2) is 11.5. The first-order valence-electron chi connectivity index (χ1n) is 7.65. The van der Waals surface area contributed by atoms with Crippen molar-refractivity contribution in [2.75, 3.05) is 39.3 Å². The highest BCUT2D eigenvalue weighted by atomic mass is 35.5. The summed E-state index contributed by atoms with van der Waals surface area (Å²) in [5.41, 5.74) is 0. The third kappa shape index (κ3) is 6.34. The standard InChI is InChI=1S/C15H27N3O3.ClH/c1-3-5-6-8-18-9-7-16-13(15(18)21)12-14(20)17(4-2)10-11-19;/h3,13,16,19H,1,4-12H2,2H3;1H. The lowest BCUT2D eigenvalue weighted by Gasteiger charge is -2.33. The molecule has 1 aliphatic heterocycles. The Morgan fingerprint density at radius 3 is 2.91 bits per heavy atom. The van der Waals surface area contributed by atoms with Crippen molar-refractivity contribution in [3.8, 4) is 0 Å². The molecular weight excluding hydrogens is 306 g/mol. The van der Waals surface area contributed by atoms with E-state index in [1.807, 2.05) is 17.9 Å². The molecule has 0 aromatic rings. The van der Waals surface area contributed by atoms with Crippen molar-refractivity contribution in [3.05, 3.63) is 12.7 Å². The van der Waals surface area contributed by atoms with E-state index < -0.39 is 6.04 Å². The summed E-state index contributed by atoms with van der Waals surface area (Å²) >= 11 is 0. The van der Waals surface area contributed by atoms with Gasteiger partial charge < -0.3 is 20.2 Å². The number of rotatable bonds is 9. The number of carbonyl (C=O) groups excluding carboxylic acids is 2. The van der Waals surface area contributed by atoms with Gasteiger partial charge in [0.25, 0.3) is 0 Å². The highest BCUT2D eigenvalue weighted by Crippen LogP contribution is 2.09. The first-order chi connectivity index (χ1) is 10.1. The first-order valence-corrected chi connectivity index (χ1v) is 7.65. The quantitative estimate of drug-likeness (QED) is 0.473. The Labute approximate surface area is 138 Å². The van der Waals surface area contributed by atoms with Gasteiger partial charge in [-0.25, -0.2) is 0 Å². The highest BCUT2D eigenvalue weighted by Gasteiger charge is 2.30. The van der Waals surface area contributed by atoms with Crippen LogP contribution >= 0.6 is 12.4 Å². The Morgan fingerprint density at radius 2 is 2.32 bits per heavy atom. The molecule has 0 aliphatic carbocycles. The van der Waals surface area contributed by atoms with E-state index in [0.717, 1.165) is 12.8 Å². The SMILES string of the molecule is C=CCCCN1CCNC(CC(=O)N(CC)CCO)C1=O.Cl. The molecule has 1 fully saturated rings. The minimum atomic E-state index is -0.442. The van der Waals surface area contributed by atoms with Gasteiger partial charge in [0.05, 0.1) is 19.1 Å². The number of amides is 2. The topological polar surface area (TPSA) is 72.9 Å². The molecule has 0 bridgehead atoms. The summed E-state index contributed by atoms with van der Waals surface area (Å²) in [5, 5.41) is 12.1. The Balaban J connectivity index is 0.00000441. The third-order valence-electron chi connectivity index (χ3n) is 3.70. The van der Waals surface area contributed by atoms with Crippen molar-refractivity contribution in [2.24, 2.45) is 0 Å². The number of piperazine rings is 1. The zero-order valence-electron chi connectivity index (χ0n) is 13.3. The number of carbonyl (C=O) groups is 2. The van der Waals surface area contributed by atoms with Gasteiger partial charge >= 0.3 is 0 Å². The smallest absolute Gasteiger partial charge is 0.240 e. The Bertz CT molecular complexity index is 366. The molecule has 7 heteroatoms. The largest absolute Gasteiger partial charge is 0.395 e. The Kier molecular flexibility index (Phi) is 10.9. The van der Waals surface area contributed by atoms with Crippen LogP contribution < -0.4 is 5.32 Å². The second-order valence-electron chi connectivity index (χ2n) is 5.16. The molecular formula is C15H28ClN3O3. The number of nitrogens with zero attached hydrogens (tertiary/aromatic N) is 2. The van der Waals surface area contributed by atoms with E-state index in [-0.39, 0.29) is 37.2 Å². The van der Waals surface area contributed by atoms with Crippen molar-refractivity contribution < 1.29 is 14.7 Å². The first kappa shape index (κ1) is 20.9. The monoisotopic (exact) mass is 333 g/mol. The van der Waals surface area contributed by atoms with Crippen LogP contribution in [0.4, 0.5) is 0 Å². The van der Waals surface area contributed by atoms with Crippen LogP contribution in [0.25, 0.3) is 0 Å². The fourth-order valence-corrected chi connectivity index (χ4v) is 2.48. The van der Waals surface area contributed by atoms with Crippen LogP contribution in [0.2, 0.25) is 0 Å². The molecule has 0 aromatic carbocycles. The van der Waals surface area contributed by atoms with E-state index in [9.17, 15) is 9.59 Å². The van der Waals surface area contributed by atoms with E-state index in [1.165, 1.54) is 0 Å². The fraction of sp³-hybridized carbons (Fsp3) is 0.733. The van der Waals surface area contributed by atoms with Crippen LogP contribution in [0, 0.1) is 0 Å². The van der Waals surface area contributed by atoms with Crippen molar-refractivity contribution in [1.29, 1.82) is 0 Å². The van der Waals surface area contributed by atoms with Crippen LogP contribution in [0.1, 0.15) is 26.2 Å². The maximum atomic E-state index is 12.3. The van der Waals surface area contributed by atoms with Gasteiger partial charge in [-0.3, -0.25) is 9.59 Å². The molecule has 1 atom stereocenters. The molecule has 1 rings (SSSR count). The molecule has 2 N–H and O–H groups in total. The molecule has 1 heterocycles. The molecule has 1 unspecified atom stereocenters. The molecule has 128 valence electrons. The second-order valence-corrected chi connectivity index (χ2v) is 5.16. The summed E-state index contributed by atoms with van der Waals surface area (Å²) in [6, 6.07) is -0.442. The molecule has 1 aliphatic rings. The molecule has 0 saturated carbocycles. The van der Waals surface area contributed by atoms with E-state index in [2.05, 4.69) is 11.9 Å². The maximum Gasteiger partial charge on any atom is 0.240 e. The van der Waals surface area contributed by atoms with Crippen molar-refractivity contribution >= 4 is 24.2 Å². The summed E-state index contributed by atoms with van der Waals surface area (Å²) in [7, 11) is 0. The van der Waals surface area contributed by atoms with E-state index >= 15 is 0 Å². The number of hydrogen-bond acceptors (Lipinski definition) is 4. The lowest BCUT2D eigenvalue weighted by atomic mass is 10.1. The minimum Gasteiger partial charge on any atom is -0.395 e. The zero-order valence-corrected chi connectivity index (χ0v) is 14.1.